The van der Waals surface area contributed by atoms with Gasteiger partial charge in [0, 0.05) is 8.41 Å². The molecule has 1 aliphatic rings. The first-order valence-corrected chi connectivity index (χ1v) is 3.65. The zero-order valence-electron chi connectivity index (χ0n) is 6.62. The Balaban J connectivity index is 0.000000720. The Kier molecular flexibility index (Phi) is 2.53. The van der Waals surface area contributed by atoms with E-state index in [-0.39, 0.29) is 14.4 Å². The van der Waals surface area contributed by atoms with E-state index in [4.69, 9.17) is 4.74 Å². The number of benzene rings is 1. The monoisotopic (exact) mass is 159 g/mol. The minimum atomic E-state index is -0.122. The van der Waals surface area contributed by atoms with E-state index in [9.17, 15) is 4.79 Å². The molecule has 1 aromatic rings. The van der Waals surface area contributed by atoms with Gasteiger partial charge in [0.1, 0.15) is 5.75 Å². The molecule has 0 atom stereocenters. The van der Waals surface area contributed by atoms with Gasteiger partial charge in [-0.3, -0.25) is 4.79 Å². The predicted octanol–water partition coefficient (Wildman–Crippen LogP) is 1.16. The van der Waals surface area contributed by atoms with Gasteiger partial charge in [0.05, 0.1) is 6.42 Å². The van der Waals surface area contributed by atoms with Gasteiger partial charge in [-0.2, -0.15) is 0 Å². The Morgan fingerprint density at radius 1 is 1.17 bits per heavy atom. The summed E-state index contributed by atoms with van der Waals surface area (Å²) in [5, 5.41) is 0. The molecule has 0 aromatic heterocycles. The second-order valence-corrected chi connectivity index (χ2v) is 2.58. The molecule has 59 valence electrons. The minimum absolute atomic E-state index is 0. The Hall–Kier alpha value is -1.25. The lowest BCUT2D eigenvalue weighted by molar-refractivity contribution is -0.135. The van der Waals surface area contributed by atoms with Crippen molar-refractivity contribution >= 4 is 14.4 Å². The van der Waals surface area contributed by atoms with Crippen LogP contribution < -0.4 is 4.74 Å². The highest BCUT2D eigenvalue weighted by molar-refractivity contribution is 5.75. The van der Waals surface area contributed by atoms with Gasteiger partial charge in [0.25, 0.3) is 0 Å². The number of carbonyl (C=O) groups excluding carboxylic acids is 1. The van der Waals surface area contributed by atoms with Crippen LogP contribution in [-0.4, -0.2) is 14.4 Å². The number of para-hydroxylation sites is 1. The first-order chi connectivity index (χ1) is 5.36. The number of hydrogen-bond acceptors (Lipinski definition) is 2. The van der Waals surface area contributed by atoms with Gasteiger partial charge in [-0.15, -0.1) is 0 Å². The second kappa shape index (κ2) is 3.43. The normalized spacial score (nSPS) is 14.2. The van der Waals surface area contributed by atoms with Gasteiger partial charge in [-0.25, -0.2) is 0 Å². The number of hydrogen-bond donors (Lipinski definition) is 0. The number of rotatable bonds is 0. The lowest BCUT2D eigenvalue weighted by atomic mass is 10.1. The molecule has 2 nitrogen and oxygen atoms in total. The lowest BCUT2D eigenvalue weighted by Crippen LogP contribution is -2.15. The van der Waals surface area contributed by atoms with Crippen LogP contribution in [0.25, 0.3) is 0 Å². The van der Waals surface area contributed by atoms with Gasteiger partial charge in [0.2, 0.25) is 0 Å². The summed E-state index contributed by atoms with van der Waals surface area (Å²) in [6, 6.07) is 7.64. The molecule has 3 heteroatoms. The van der Waals surface area contributed by atoms with Crippen molar-refractivity contribution < 1.29 is 9.53 Å². The van der Waals surface area contributed by atoms with Crippen molar-refractivity contribution in [3.05, 3.63) is 29.8 Å². The fraction of sp³-hybridized carbons (Fsp3) is 0.222. The predicted molar refractivity (Wildman–Crippen MR) is 46.2 cm³/mol. The molecule has 2 rings (SSSR count). The summed E-state index contributed by atoms with van der Waals surface area (Å²) in [5.74, 6) is 0.604. The van der Waals surface area contributed by atoms with E-state index < -0.39 is 0 Å². The quantitative estimate of drug-likeness (QED) is 0.322. The summed E-state index contributed by atoms with van der Waals surface area (Å²) in [5.41, 5.74) is 1.13. The third-order valence-electron chi connectivity index (χ3n) is 1.79. The molecule has 1 aliphatic heterocycles. The number of aryl methyl sites for hydroxylation is 1. The van der Waals surface area contributed by atoms with E-state index in [0.717, 1.165) is 17.7 Å². The van der Waals surface area contributed by atoms with Gasteiger partial charge < -0.3 is 4.74 Å². The van der Waals surface area contributed by atoms with E-state index in [1.165, 1.54) is 0 Å². The average molecular weight is 159 g/mol. The van der Waals surface area contributed by atoms with Crippen LogP contribution in [0.4, 0.5) is 0 Å². The molecule has 0 fully saturated rings. The largest absolute Gasteiger partial charge is 0.426 e. The standard InChI is InChI=1S/C9H8O2.B/c10-9-6-5-7-3-1-2-4-8(7)11-9;/h1-4H,5-6H2;. The maximum atomic E-state index is 10.8. The highest BCUT2D eigenvalue weighted by Gasteiger charge is 2.15. The first-order valence-electron chi connectivity index (χ1n) is 3.65. The molecule has 1 aromatic carbocycles. The maximum Gasteiger partial charge on any atom is 0.311 e. The van der Waals surface area contributed by atoms with Gasteiger partial charge in [-0.1, -0.05) is 18.2 Å². The lowest BCUT2D eigenvalue weighted by Gasteiger charge is -2.13. The fourth-order valence-corrected chi connectivity index (χ4v) is 1.22. The van der Waals surface area contributed by atoms with Crippen molar-refractivity contribution in [1.82, 2.24) is 0 Å². The van der Waals surface area contributed by atoms with Crippen LogP contribution in [0.5, 0.6) is 5.75 Å². The summed E-state index contributed by atoms with van der Waals surface area (Å²) in [6.45, 7) is 0. The van der Waals surface area contributed by atoms with E-state index in [1.807, 2.05) is 24.3 Å². The summed E-state index contributed by atoms with van der Waals surface area (Å²) < 4.78 is 4.99. The summed E-state index contributed by atoms with van der Waals surface area (Å²) in [7, 11) is 0. The van der Waals surface area contributed by atoms with Crippen molar-refractivity contribution in [3.63, 3.8) is 0 Å². The molecule has 0 saturated heterocycles. The SMILES string of the molecule is O=C1CCc2ccccc2O1.[B]. The molecule has 0 bridgehead atoms. The van der Waals surface area contributed by atoms with Crippen LogP contribution in [0.1, 0.15) is 12.0 Å². The number of carbonyl (C=O) groups is 1. The van der Waals surface area contributed by atoms with Crippen molar-refractivity contribution in [3.8, 4) is 5.75 Å². The highest BCUT2D eigenvalue weighted by atomic mass is 16.5. The molecular weight excluding hydrogens is 151 g/mol. The molecule has 0 spiro atoms. The summed E-state index contributed by atoms with van der Waals surface area (Å²) in [4.78, 5) is 10.8. The van der Waals surface area contributed by atoms with Crippen LogP contribution in [0.3, 0.4) is 0 Å². The smallest absolute Gasteiger partial charge is 0.311 e. The number of ether oxygens (including phenoxy) is 1. The fourth-order valence-electron chi connectivity index (χ4n) is 1.22. The molecular formula is C9H8BO2. The summed E-state index contributed by atoms with van der Waals surface area (Å²) >= 11 is 0. The van der Waals surface area contributed by atoms with Crippen molar-refractivity contribution in [1.29, 1.82) is 0 Å². The summed E-state index contributed by atoms with van der Waals surface area (Å²) in [6.07, 6.45) is 1.33. The molecule has 0 saturated carbocycles. The van der Waals surface area contributed by atoms with E-state index in [0.29, 0.717) is 6.42 Å². The van der Waals surface area contributed by atoms with E-state index in [2.05, 4.69) is 0 Å². The molecule has 3 radical (unpaired) electrons. The zero-order valence-corrected chi connectivity index (χ0v) is 6.62. The van der Waals surface area contributed by atoms with Crippen LogP contribution in [0.15, 0.2) is 24.3 Å². The third kappa shape index (κ3) is 1.50. The van der Waals surface area contributed by atoms with Gasteiger partial charge in [-0.05, 0) is 18.1 Å². The number of fused-ring (bicyclic) bond motifs is 1. The molecule has 0 aliphatic carbocycles. The Labute approximate surface area is 73.1 Å². The van der Waals surface area contributed by atoms with Gasteiger partial charge in [0.15, 0.2) is 0 Å². The molecule has 12 heavy (non-hydrogen) atoms. The van der Waals surface area contributed by atoms with E-state index in [1.54, 1.807) is 0 Å². The van der Waals surface area contributed by atoms with Crippen LogP contribution in [-0.2, 0) is 11.2 Å². The minimum Gasteiger partial charge on any atom is -0.426 e. The molecule has 0 unspecified atom stereocenters. The topological polar surface area (TPSA) is 26.3 Å². The number of esters is 1. The van der Waals surface area contributed by atoms with Crippen molar-refractivity contribution in [2.75, 3.05) is 0 Å². The first kappa shape index (κ1) is 8.85. The van der Waals surface area contributed by atoms with E-state index >= 15 is 0 Å². The van der Waals surface area contributed by atoms with Crippen LogP contribution in [0.2, 0.25) is 0 Å². The maximum absolute atomic E-state index is 10.8. The zero-order chi connectivity index (χ0) is 7.68. The highest BCUT2D eigenvalue weighted by Crippen LogP contribution is 2.23. The Morgan fingerprint density at radius 2 is 1.92 bits per heavy atom. The third-order valence-corrected chi connectivity index (χ3v) is 1.79. The average Bonchev–Trinajstić information content (AvgIpc) is 2.04. The molecule has 0 N–H and O–H groups in total. The van der Waals surface area contributed by atoms with Crippen molar-refractivity contribution in [2.45, 2.75) is 12.8 Å². The molecule has 0 amide bonds. The van der Waals surface area contributed by atoms with Crippen LogP contribution >= 0.6 is 0 Å². The Morgan fingerprint density at radius 3 is 2.75 bits per heavy atom. The molecule has 1 heterocycles. The Bertz CT molecular complexity index is 296. The second-order valence-electron chi connectivity index (χ2n) is 2.58. The van der Waals surface area contributed by atoms with Crippen LogP contribution in [0, 0.1) is 0 Å². The van der Waals surface area contributed by atoms with Crippen molar-refractivity contribution in [2.24, 2.45) is 0 Å². The van der Waals surface area contributed by atoms with Gasteiger partial charge >= 0.3 is 5.97 Å².